The van der Waals surface area contributed by atoms with E-state index in [0.29, 0.717) is 5.92 Å². The van der Waals surface area contributed by atoms with Crippen LogP contribution >= 0.6 is 0 Å². The summed E-state index contributed by atoms with van der Waals surface area (Å²) in [7, 11) is 0. The monoisotopic (exact) mass is 225 g/mol. The molecule has 1 spiro atoms. The van der Waals surface area contributed by atoms with Crippen molar-refractivity contribution in [3.05, 3.63) is 58.6 Å². The van der Waals surface area contributed by atoms with E-state index in [1.807, 2.05) is 0 Å². The lowest BCUT2D eigenvalue weighted by Crippen LogP contribution is -2.36. The van der Waals surface area contributed by atoms with E-state index >= 15 is 0 Å². The van der Waals surface area contributed by atoms with E-state index in [1.54, 1.807) is 0 Å². The summed E-state index contributed by atoms with van der Waals surface area (Å²) in [4.78, 5) is 4.98. The fourth-order valence-electron chi connectivity index (χ4n) is 3.13. The van der Waals surface area contributed by atoms with E-state index in [-0.39, 0.29) is 11.0 Å². The average molecular weight is 225 g/mol. The predicted octanol–water partition coefficient (Wildman–Crippen LogP) is 0.921. The summed E-state index contributed by atoms with van der Waals surface area (Å²) in [6, 6.07) is 8.49. The van der Waals surface area contributed by atoms with Crippen LogP contribution in [0.3, 0.4) is 0 Å². The molecule has 17 heavy (non-hydrogen) atoms. The molecule has 0 saturated heterocycles. The summed E-state index contributed by atoms with van der Waals surface area (Å²) in [5.74, 6) is 0.649. The summed E-state index contributed by atoms with van der Waals surface area (Å²) in [5, 5.41) is 2.48. The summed E-state index contributed by atoms with van der Waals surface area (Å²) < 4.78 is 0. The number of allylic oxidation sites excluding steroid dienone is 2. The molecule has 4 rings (SSSR count). The van der Waals surface area contributed by atoms with Crippen LogP contribution in [-0.2, 0) is 0 Å². The third-order valence-electron chi connectivity index (χ3n) is 4.09. The second-order valence-corrected chi connectivity index (χ2v) is 4.95. The molecule has 2 unspecified atom stereocenters. The maximum atomic E-state index is 4.98. The van der Waals surface area contributed by atoms with E-state index in [0.717, 1.165) is 0 Å². The quantitative estimate of drug-likeness (QED) is 0.630. The van der Waals surface area contributed by atoms with Crippen molar-refractivity contribution in [3.8, 4) is 0 Å². The number of fused-ring (bicyclic) bond motifs is 1. The Morgan fingerprint density at radius 1 is 1.29 bits per heavy atom. The lowest BCUT2D eigenvalue weighted by molar-refractivity contribution is 0.724. The first-order valence-electron chi connectivity index (χ1n) is 5.86. The highest BCUT2D eigenvalue weighted by molar-refractivity contribution is 5.72. The maximum Gasteiger partial charge on any atom is 0.0936 e. The number of benzene rings is 1. The van der Waals surface area contributed by atoms with Crippen LogP contribution < -0.4 is 10.6 Å². The van der Waals surface area contributed by atoms with Gasteiger partial charge in [0.15, 0.2) is 0 Å². The van der Waals surface area contributed by atoms with Gasteiger partial charge in [0.2, 0.25) is 0 Å². The van der Waals surface area contributed by atoms with Gasteiger partial charge in [0.25, 0.3) is 0 Å². The molecule has 1 heterocycles. The van der Waals surface area contributed by atoms with Gasteiger partial charge in [-0.2, -0.15) is 0 Å². The lowest BCUT2D eigenvalue weighted by atomic mass is 9.89. The highest BCUT2D eigenvalue weighted by atomic mass is 16.0. The molecular weight excluding hydrogens is 210 g/mol. The molecule has 0 radical (unpaired) electrons. The Morgan fingerprint density at radius 2 is 2.12 bits per heavy atom. The van der Waals surface area contributed by atoms with Crippen molar-refractivity contribution in [2.24, 2.45) is 10.9 Å². The normalized spacial score (nSPS) is 31.2. The highest BCUT2D eigenvalue weighted by Crippen LogP contribution is 2.57. The minimum Gasteiger partial charge on any atom is -0.412 e. The van der Waals surface area contributed by atoms with E-state index in [2.05, 4.69) is 49.4 Å². The Bertz CT molecular complexity index is 668. The Labute approximate surface area is 100 Å². The molecule has 1 aromatic rings. The summed E-state index contributed by atoms with van der Waals surface area (Å²) in [5.41, 5.74) is 2.98. The molecule has 2 heteroatoms. The third-order valence-corrected chi connectivity index (χ3v) is 4.09. The molecular formula is C15H15NO. The molecule has 1 saturated carbocycles. The van der Waals surface area contributed by atoms with Crippen LogP contribution in [0.25, 0.3) is 5.57 Å². The number of para-hydroxylation sites is 1. The zero-order chi connectivity index (χ0) is 10.8. The van der Waals surface area contributed by atoms with Crippen LogP contribution in [0.15, 0.2) is 53.1 Å². The van der Waals surface area contributed by atoms with Crippen LogP contribution in [-0.4, -0.2) is 11.0 Å². The van der Waals surface area contributed by atoms with Crippen LogP contribution in [0.4, 0.5) is 0 Å². The average Bonchev–Trinajstić information content (AvgIpc) is 3.01. The molecule has 0 aromatic heterocycles. The van der Waals surface area contributed by atoms with E-state index in [9.17, 15) is 0 Å². The molecule has 1 fully saturated rings. The van der Waals surface area contributed by atoms with Crippen molar-refractivity contribution in [1.29, 1.82) is 0 Å². The van der Waals surface area contributed by atoms with Crippen LogP contribution in [0, 0.1) is 5.92 Å². The molecule has 2 nitrogen and oxygen atoms in total. The molecule has 3 aliphatic rings. The first-order chi connectivity index (χ1) is 7.81. The van der Waals surface area contributed by atoms with Gasteiger partial charge in [0.1, 0.15) is 0 Å². The van der Waals surface area contributed by atoms with Crippen LogP contribution in [0.2, 0.25) is 0 Å². The Balaban J connectivity index is 0.000000902. The van der Waals surface area contributed by atoms with E-state index < -0.39 is 0 Å². The molecule has 0 amide bonds. The zero-order valence-corrected chi connectivity index (χ0v) is 9.77. The lowest BCUT2D eigenvalue weighted by Gasteiger charge is -2.23. The highest BCUT2D eigenvalue weighted by Gasteiger charge is 2.57. The summed E-state index contributed by atoms with van der Waals surface area (Å²) in [6.07, 6.45) is 7.94. The molecule has 86 valence electrons. The molecule has 2 aliphatic carbocycles. The molecule has 0 bridgehead atoms. The predicted molar refractivity (Wildman–Crippen MR) is 68.0 cm³/mol. The Kier molecular flexibility index (Phi) is 1.96. The SMILES string of the molecule is CC1=c2ccccc2=NC23CC2C=CC=C13.O. The van der Waals surface area contributed by atoms with E-state index in [4.69, 9.17) is 4.99 Å². The largest absolute Gasteiger partial charge is 0.412 e. The fourth-order valence-corrected chi connectivity index (χ4v) is 3.13. The van der Waals surface area contributed by atoms with Gasteiger partial charge in [-0.3, -0.25) is 4.99 Å². The van der Waals surface area contributed by atoms with Gasteiger partial charge in [-0.15, -0.1) is 0 Å². The fraction of sp³-hybridized carbons (Fsp3) is 0.267. The van der Waals surface area contributed by atoms with Crippen LogP contribution in [0.1, 0.15) is 13.3 Å². The first-order valence-corrected chi connectivity index (χ1v) is 5.86. The Hall–Kier alpha value is -1.67. The van der Waals surface area contributed by atoms with Crippen molar-refractivity contribution < 1.29 is 5.48 Å². The van der Waals surface area contributed by atoms with Crippen LogP contribution in [0.5, 0.6) is 0 Å². The second-order valence-electron chi connectivity index (χ2n) is 4.95. The van der Waals surface area contributed by atoms with Crippen molar-refractivity contribution in [3.63, 3.8) is 0 Å². The third kappa shape index (κ3) is 1.16. The molecule has 1 aliphatic heterocycles. The minimum absolute atomic E-state index is 0. The van der Waals surface area contributed by atoms with Gasteiger partial charge in [-0.25, -0.2) is 0 Å². The molecule has 2 atom stereocenters. The minimum atomic E-state index is 0. The maximum absolute atomic E-state index is 4.98. The zero-order valence-electron chi connectivity index (χ0n) is 9.77. The van der Waals surface area contributed by atoms with Gasteiger partial charge >= 0.3 is 0 Å². The first kappa shape index (κ1) is 10.5. The van der Waals surface area contributed by atoms with E-state index in [1.165, 1.54) is 28.1 Å². The van der Waals surface area contributed by atoms with Gasteiger partial charge in [0.05, 0.1) is 10.9 Å². The number of hydrogen-bond donors (Lipinski definition) is 0. The van der Waals surface area contributed by atoms with Gasteiger partial charge in [-0.05, 0) is 30.6 Å². The number of nitrogens with zero attached hydrogens (tertiary/aromatic N) is 1. The Morgan fingerprint density at radius 3 is 3.00 bits per heavy atom. The smallest absolute Gasteiger partial charge is 0.0936 e. The summed E-state index contributed by atoms with van der Waals surface area (Å²) in [6.45, 7) is 2.23. The van der Waals surface area contributed by atoms with Crippen molar-refractivity contribution >= 4 is 5.57 Å². The van der Waals surface area contributed by atoms with Crippen molar-refractivity contribution in [2.45, 2.75) is 18.9 Å². The molecule has 2 N–H and O–H groups in total. The second kappa shape index (κ2) is 3.17. The number of hydrogen-bond acceptors (Lipinski definition) is 1. The van der Waals surface area contributed by atoms with Gasteiger partial charge in [0, 0.05) is 11.1 Å². The van der Waals surface area contributed by atoms with Gasteiger partial charge < -0.3 is 5.48 Å². The van der Waals surface area contributed by atoms with Crippen molar-refractivity contribution in [1.82, 2.24) is 0 Å². The standard InChI is InChI=1S/C15H13N.H2O/c1-10-12-6-2-3-8-14(12)16-15-9-11(15)5-4-7-13(10)15;/h2-8,11H,9H2,1H3;1H2. The van der Waals surface area contributed by atoms with Gasteiger partial charge in [-0.1, -0.05) is 36.4 Å². The van der Waals surface area contributed by atoms with Crippen molar-refractivity contribution in [2.75, 3.05) is 0 Å². The topological polar surface area (TPSA) is 43.9 Å². The molecule has 1 aromatic carbocycles. The summed E-state index contributed by atoms with van der Waals surface area (Å²) >= 11 is 0. The number of rotatable bonds is 0.